The number of carboxylic acids is 1. The molecule has 0 N–H and O–H groups in total. The fraction of sp³-hybridized carbons (Fsp3) is 0.207. The molecule has 2 heterocycles. The van der Waals surface area contributed by atoms with Gasteiger partial charge in [0.15, 0.2) is 9.84 Å². The number of piperazine rings is 1. The molecular weight excluding hydrogens is 699 g/mol. The topological polar surface area (TPSA) is 141 Å². The van der Waals surface area contributed by atoms with Crippen molar-refractivity contribution in [3.8, 4) is 22.4 Å². The summed E-state index contributed by atoms with van der Waals surface area (Å²) in [6, 6.07) is 14.5. The van der Waals surface area contributed by atoms with Gasteiger partial charge in [0.1, 0.15) is 16.5 Å². The van der Waals surface area contributed by atoms with E-state index in [0.29, 0.717) is 17.7 Å². The Labute approximate surface area is 294 Å². The maximum Gasteiger partial charge on any atom is 1.00 e. The van der Waals surface area contributed by atoms with Gasteiger partial charge >= 0.3 is 35.7 Å². The molecule has 242 valence electrons. The van der Waals surface area contributed by atoms with Crippen LogP contribution in [0.5, 0.6) is 0 Å². The average molecular weight is 721 g/mol. The third-order valence-corrected chi connectivity index (χ3v) is 10.5. The van der Waals surface area contributed by atoms with Gasteiger partial charge in [-0.25, -0.2) is 31.2 Å². The normalized spacial score (nSPS) is 14.5. The standard InChI is InChI=1S/C29H23ClF4N4O6S2.Na/c1-45(41,42)19-9-7-18(8-10-19)25-24(17-5-3-2-4-6-17)26(36-28(35-25)29(32,33)34)37-11-13-38(14-12-37)46(43,44)23-15-20(27(39)40)21(30)16-22(23)31;/h2-10,15-16H,11-14H2,1H3,(H,39,40);/q;+1/p-1. The number of anilines is 1. The van der Waals surface area contributed by atoms with Gasteiger partial charge in [0.25, 0.3) is 0 Å². The van der Waals surface area contributed by atoms with Crippen molar-refractivity contribution in [2.45, 2.75) is 16.0 Å². The number of alkyl halides is 3. The van der Waals surface area contributed by atoms with Gasteiger partial charge in [-0.15, -0.1) is 0 Å². The van der Waals surface area contributed by atoms with E-state index in [-0.39, 0.29) is 83.3 Å². The van der Waals surface area contributed by atoms with Gasteiger partial charge < -0.3 is 14.8 Å². The summed E-state index contributed by atoms with van der Waals surface area (Å²) < 4.78 is 109. The van der Waals surface area contributed by atoms with Crippen molar-refractivity contribution in [2.75, 3.05) is 37.3 Å². The molecule has 47 heavy (non-hydrogen) atoms. The Morgan fingerprint density at radius 3 is 2.02 bits per heavy atom. The summed E-state index contributed by atoms with van der Waals surface area (Å²) in [6.45, 7) is -1.04. The molecule has 0 amide bonds. The molecule has 0 radical (unpaired) electrons. The number of rotatable bonds is 7. The molecule has 0 atom stereocenters. The van der Waals surface area contributed by atoms with Gasteiger partial charge in [0, 0.05) is 43.6 Å². The van der Waals surface area contributed by atoms with Gasteiger partial charge in [0.05, 0.1) is 27.1 Å². The summed E-state index contributed by atoms with van der Waals surface area (Å²) in [7, 11) is -8.22. The summed E-state index contributed by atoms with van der Waals surface area (Å²) in [5.74, 6) is -4.74. The van der Waals surface area contributed by atoms with E-state index in [1.807, 2.05) is 0 Å². The zero-order valence-electron chi connectivity index (χ0n) is 24.6. The van der Waals surface area contributed by atoms with Gasteiger partial charge in [-0.05, 0) is 29.8 Å². The first-order valence-corrected chi connectivity index (χ1v) is 17.0. The fourth-order valence-electron chi connectivity index (χ4n) is 4.91. The van der Waals surface area contributed by atoms with Crippen LogP contribution in [0.4, 0.5) is 23.4 Å². The SMILES string of the molecule is CS(=O)(=O)c1ccc(-c2nc(C(F)(F)F)nc(N3CCN(S(=O)(=O)c4cc(C(=O)[O-])c(Cl)cc4F)CC3)c2-c2ccccc2)cc1.[Na+]. The van der Waals surface area contributed by atoms with Gasteiger partial charge in [-0.3, -0.25) is 0 Å². The van der Waals surface area contributed by atoms with E-state index in [9.17, 15) is 44.3 Å². The number of sulfonamides is 1. The molecule has 1 saturated heterocycles. The minimum absolute atomic E-state index is 0. The fourth-order valence-corrected chi connectivity index (χ4v) is 7.26. The average Bonchev–Trinajstić information content (AvgIpc) is 3.00. The molecule has 0 unspecified atom stereocenters. The zero-order chi connectivity index (χ0) is 33.6. The number of aromatic carboxylic acids is 1. The molecule has 4 aromatic rings. The molecule has 1 fully saturated rings. The maximum absolute atomic E-state index is 14.7. The van der Waals surface area contributed by atoms with Crippen molar-refractivity contribution in [1.29, 1.82) is 0 Å². The van der Waals surface area contributed by atoms with Crippen molar-refractivity contribution >= 4 is 43.2 Å². The van der Waals surface area contributed by atoms with Crippen molar-refractivity contribution in [3.05, 3.63) is 89.0 Å². The Balaban J connectivity index is 0.00000500. The molecule has 0 bridgehead atoms. The second-order valence-corrected chi connectivity index (χ2v) is 14.5. The van der Waals surface area contributed by atoms with Crippen LogP contribution in [-0.2, 0) is 26.0 Å². The summed E-state index contributed by atoms with van der Waals surface area (Å²) in [5.41, 5.74) is -0.0911. The van der Waals surface area contributed by atoms with Crippen molar-refractivity contribution < 1.29 is 73.9 Å². The number of aromatic nitrogens is 2. The minimum atomic E-state index is -4.99. The van der Waals surface area contributed by atoms with Crippen LogP contribution >= 0.6 is 11.6 Å². The van der Waals surface area contributed by atoms with Gasteiger partial charge in [-0.2, -0.15) is 17.5 Å². The number of carboxylic acid groups (broad SMARTS) is 1. The number of nitrogens with zero attached hydrogens (tertiary/aromatic N) is 4. The summed E-state index contributed by atoms with van der Waals surface area (Å²) >= 11 is 5.72. The van der Waals surface area contributed by atoms with Crippen molar-refractivity contribution in [1.82, 2.24) is 14.3 Å². The number of sulfone groups is 1. The van der Waals surface area contributed by atoms with Crippen LogP contribution in [0.25, 0.3) is 22.4 Å². The largest absolute Gasteiger partial charge is 1.00 e. The van der Waals surface area contributed by atoms with Gasteiger partial charge in [0.2, 0.25) is 15.8 Å². The first-order chi connectivity index (χ1) is 21.5. The number of carbonyl (C=O) groups is 1. The summed E-state index contributed by atoms with van der Waals surface area (Å²) in [4.78, 5) is 19.5. The molecule has 1 aliphatic heterocycles. The third kappa shape index (κ3) is 7.63. The Hall–Kier alpha value is -3.12. The molecule has 1 aliphatic rings. The second kappa shape index (κ2) is 13.8. The van der Waals surface area contributed by atoms with E-state index < -0.39 is 59.1 Å². The molecule has 0 saturated carbocycles. The van der Waals surface area contributed by atoms with Crippen LogP contribution in [0.15, 0.2) is 76.5 Å². The smallest absolute Gasteiger partial charge is 0.545 e. The number of halogens is 5. The molecular formula is C29H22ClF4N4NaO6S2. The van der Waals surface area contributed by atoms with Gasteiger partial charge in [-0.1, -0.05) is 54.1 Å². The number of hydrogen-bond donors (Lipinski definition) is 0. The first-order valence-electron chi connectivity index (χ1n) is 13.3. The van der Waals surface area contributed by atoms with Crippen LogP contribution in [0.2, 0.25) is 5.02 Å². The Morgan fingerprint density at radius 2 is 1.49 bits per heavy atom. The quantitative estimate of drug-likeness (QED) is 0.201. The van der Waals surface area contributed by atoms with Crippen LogP contribution in [-0.4, -0.2) is 69.5 Å². The van der Waals surface area contributed by atoms with E-state index in [4.69, 9.17) is 11.6 Å². The Bertz CT molecular complexity index is 2050. The summed E-state index contributed by atoms with van der Waals surface area (Å²) in [5, 5.41) is 10.8. The van der Waals surface area contributed by atoms with E-state index in [0.717, 1.165) is 10.6 Å². The van der Waals surface area contributed by atoms with E-state index >= 15 is 0 Å². The van der Waals surface area contributed by atoms with Crippen molar-refractivity contribution in [3.63, 3.8) is 0 Å². The third-order valence-electron chi connectivity index (χ3n) is 7.16. The van der Waals surface area contributed by atoms with Crippen LogP contribution in [0.3, 0.4) is 0 Å². The summed E-state index contributed by atoms with van der Waals surface area (Å²) in [6.07, 6.45) is -4.00. The Morgan fingerprint density at radius 1 is 0.894 bits per heavy atom. The molecule has 10 nitrogen and oxygen atoms in total. The first kappa shape index (κ1) is 36.7. The molecule has 3 aromatic carbocycles. The van der Waals surface area contributed by atoms with Crippen molar-refractivity contribution in [2.24, 2.45) is 0 Å². The van der Waals surface area contributed by atoms with Crippen LogP contribution < -0.4 is 39.6 Å². The van der Waals surface area contributed by atoms with E-state index in [1.165, 1.54) is 29.2 Å². The van der Waals surface area contributed by atoms with E-state index in [2.05, 4.69) is 9.97 Å². The maximum atomic E-state index is 14.7. The zero-order valence-corrected chi connectivity index (χ0v) is 29.0. The molecule has 0 aliphatic carbocycles. The Kier molecular flexibility index (Phi) is 10.8. The number of hydrogen-bond acceptors (Lipinski definition) is 9. The molecule has 18 heteroatoms. The second-order valence-electron chi connectivity index (χ2n) is 10.2. The molecule has 1 aromatic heterocycles. The van der Waals surface area contributed by atoms with Crippen LogP contribution in [0.1, 0.15) is 16.2 Å². The number of benzene rings is 3. The predicted octanol–water partition coefficient (Wildman–Crippen LogP) is 0.904. The predicted molar refractivity (Wildman–Crippen MR) is 158 cm³/mol. The molecule has 5 rings (SSSR count). The number of carbonyl (C=O) groups excluding carboxylic acids is 1. The monoisotopic (exact) mass is 720 g/mol. The van der Waals surface area contributed by atoms with E-state index in [1.54, 1.807) is 30.3 Å². The van der Waals surface area contributed by atoms with Crippen LogP contribution in [0, 0.1) is 5.82 Å². The minimum Gasteiger partial charge on any atom is -0.545 e. The molecule has 0 spiro atoms.